The molecule has 30 heavy (non-hydrogen) atoms. The lowest BCUT2D eigenvalue weighted by molar-refractivity contribution is -0.00834. The number of morpholine rings is 1. The Bertz CT molecular complexity index is 771. The molecule has 0 atom stereocenters. The van der Waals surface area contributed by atoms with Gasteiger partial charge in [-0.25, -0.2) is 4.99 Å². The largest absolute Gasteiger partial charge is 0.379 e. The molecule has 1 saturated heterocycles. The topological polar surface area (TPSA) is 66.7 Å². The number of benzene rings is 1. The van der Waals surface area contributed by atoms with E-state index in [0.29, 0.717) is 6.54 Å². The molecule has 8 heteroatoms. The third-order valence-electron chi connectivity index (χ3n) is 5.19. The Balaban J connectivity index is 0.00000320. The van der Waals surface area contributed by atoms with Crippen LogP contribution in [0.5, 0.6) is 0 Å². The highest BCUT2D eigenvalue weighted by Crippen LogP contribution is 2.15. The standard InChI is InChI=1S/C22H34N6O.HI/c1-4-23-21(25-18-22(2,3)27-10-12-29-13-11-27)24-14-20-15-26-28(17-20)16-19-8-6-5-7-9-19;/h5-9,15,17H,4,10-14,16,18H2,1-3H3,(H2,23,24,25);1H. The van der Waals surface area contributed by atoms with Crippen molar-refractivity contribution in [1.29, 1.82) is 0 Å². The second-order valence-electron chi connectivity index (χ2n) is 7.99. The lowest BCUT2D eigenvalue weighted by atomic mass is 10.0. The van der Waals surface area contributed by atoms with Gasteiger partial charge in [0.25, 0.3) is 0 Å². The molecule has 2 aromatic rings. The van der Waals surface area contributed by atoms with Gasteiger partial charge in [-0.3, -0.25) is 9.58 Å². The number of nitrogens with one attached hydrogen (secondary N) is 2. The van der Waals surface area contributed by atoms with E-state index in [1.807, 2.05) is 16.9 Å². The maximum absolute atomic E-state index is 5.48. The van der Waals surface area contributed by atoms with Crippen molar-refractivity contribution in [2.45, 2.75) is 39.4 Å². The Morgan fingerprint density at radius 3 is 2.57 bits per heavy atom. The molecule has 166 valence electrons. The number of aliphatic imine (C=N–C) groups is 1. The third kappa shape index (κ3) is 7.55. The molecule has 1 aliphatic rings. The van der Waals surface area contributed by atoms with Gasteiger partial charge in [-0.2, -0.15) is 5.10 Å². The minimum atomic E-state index is 0. The number of ether oxygens (including phenoxy) is 1. The summed E-state index contributed by atoms with van der Waals surface area (Å²) in [6.07, 6.45) is 3.96. The summed E-state index contributed by atoms with van der Waals surface area (Å²) in [5.41, 5.74) is 2.39. The van der Waals surface area contributed by atoms with E-state index in [4.69, 9.17) is 9.73 Å². The Hall–Kier alpha value is -1.65. The van der Waals surface area contributed by atoms with Crippen LogP contribution in [0.3, 0.4) is 0 Å². The van der Waals surface area contributed by atoms with E-state index in [1.54, 1.807) is 0 Å². The van der Waals surface area contributed by atoms with Crippen LogP contribution in [0.4, 0.5) is 0 Å². The first-order valence-electron chi connectivity index (χ1n) is 10.5. The van der Waals surface area contributed by atoms with E-state index in [0.717, 1.165) is 57.5 Å². The number of halogens is 1. The molecule has 2 heterocycles. The summed E-state index contributed by atoms with van der Waals surface area (Å²) in [7, 11) is 0. The summed E-state index contributed by atoms with van der Waals surface area (Å²) in [5.74, 6) is 0.838. The number of nitrogens with zero attached hydrogens (tertiary/aromatic N) is 4. The molecule has 0 amide bonds. The molecule has 1 aromatic carbocycles. The van der Waals surface area contributed by atoms with Crippen molar-refractivity contribution < 1.29 is 4.74 Å². The first-order valence-corrected chi connectivity index (χ1v) is 10.5. The van der Waals surface area contributed by atoms with E-state index in [-0.39, 0.29) is 29.5 Å². The Labute approximate surface area is 197 Å². The van der Waals surface area contributed by atoms with Crippen LogP contribution in [0.1, 0.15) is 31.9 Å². The molecule has 0 spiro atoms. The van der Waals surface area contributed by atoms with Crippen molar-refractivity contribution in [2.75, 3.05) is 39.4 Å². The van der Waals surface area contributed by atoms with Crippen molar-refractivity contribution in [3.63, 3.8) is 0 Å². The van der Waals surface area contributed by atoms with Gasteiger partial charge in [0.15, 0.2) is 5.96 Å². The highest BCUT2D eigenvalue weighted by Gasteiger charge is 2.28. The minimum Gasteiger partial charge on any atom is -0.379 e. The summed E-state index contributed by atoms with van der Waals surface area (Å²) in [4.78, 5) is 7.22. The molecule has 7 nitrogen and oxygen atoms in total. The zero-order valence-corrected chi connectivity index (χ0v) is 20.6. The van der Waals surface area contributed by atoms with E-state index in [2.05, 4.69) is 71.9 Å². The van der Waals surface area contributed by atoms with Gasteiger partial charge in [-0.15, -0.1) is 24.0 Å². The smallest absolute Gasteiger partial charge is 0.191 e. The summed E-state index contributed by atoms with van der Waals surface area (Å²) in [6, 6.07) is 10.4. The number of hydrogen-bond acceptors (Lipinski definition) is 4. The maximum Gasteiger partial charge on any atom is 0.191 e. The molecular weight excluding hydrogens is 491 g/mol. The molecule has 0 saturated carbocycles. The predicted octanol–water partition coefficient (Wildman–Crippen LogP) is 2.72. The molecular formula is C22H35IN6O. The predicted molar refractivity (Wildman–Crippen MR) is 132 cm³/mol. The first-order chi connectivity index (χ1) is 14.1. The van der Waals surface area contributed by atoms with Crippen LogP contribution >= 0.6 is 24.0 Å². The quantitative estimate of drug-likeness (QED) is 0.315. The molecule has 2 N–H and O–H groups in total. The van der Waals surface area contributed by atoms with Gasteiger partial charge in [0, 0.05) is 43.5 Å². The second kappa shape index (κ2) is 12.3. The van der Waals surface area contributed by atoms with E-state index in [1.165, 1.54) is 5.56 Å². The molecule has 1 fully saturated rings. The number of hydrogen-bond donors (Lipinski definition) is 2. The highest BCUT2D eigenvalue weighted by molar-refractivity contribution is 14.0. The lowest BCUT2D eigenvalue weighted by Crippen LogP contribution is -2.56. The molecule has 0 bridgehead atoms. The molecule has 1 aromatic heterocycles. The lowest BCUT2D eigenvalue weighted by Gasteiger charge is -2.41. The van der Waals surface area contributed by atoms with Crippen molar-refractivity contribution >= 4 is 29.9 Å². The van der Waals surface area contributed by atoms with Crippen LogP contribution in [0.25, 0.3) is 0 Å². The average molecular weight is 526 g/mol. The van der Waals surface area contributed by atoms with Crippen molar-refractivity contribution in [2.24, 2.45) is 4.99 Å². The molecule has 3 rings (SSSR count). The van der Waals surface area contributed by atoms with Crippen LogP contribution in [0.15, 0.2) is 47.7 Å². The van der Waals surface area contributed by atoms with Crippen LogP contribution in [0.2, 0.25) is 0 Å². The Morgan fingerprint density at radius 2 is 1.87 bits per heavy atom. The summed E-state index contributed by atoms with van der Waals surface area (Å²) in [5, 5.41) is 11.3. The van der Waals surface area contributed by atoms with Crippen LogP contribution < -0.4 is 10.6 Å². The summed E-state index contributed by atoms with van der Waals surface area (Å²) < 4.78 is 7.44. The van der Waals surface area contributed by atoms with E-state index in [9.17, 15) is 0 Å². The normalized spacial score (nSPS) is 15.5. The molecule has 0 radical (unpaired) electrons. The fraction of sp³-hybridized carbons (Fsp3) is 0.545. The van der Waals surface area contributed by atoms with Gasteiger partial charge in [0.2, 0.25) is 0 Å². The van der Waals surface area contributed by atoms with Crippen molar-refractivity contribution in [1.82, 2.24) is 25.3 Å². The van der Waals surface area contributed by atoms with E-state index < -0.39 is 0 Å². The first kappa shape index (κ1) is 24.6. The van der Waals surface area contributed by atoms with Crippen LogP contribution in [0, 0.1) is 0 Å². The van der Waals surface area contributed by atoms with Gasteiger partial charge in [0.05, 0.1) is 32.5 Å². The summed E-state index contributed by atoms with van der Waals surface area (Å²) in [6.45, 7) is 13.2. The third-order valence-corrected chi connectivity index (χ3v) is 5.19. The fourth-order valence-corrected chi connectivity index (χ4v) is 3.44. The van der Waals surface area contributed by atoms with Crippen LogP contribution in [-0.4, -0.2) is 65.6 Å². The zero-order chi connectivity index (χ0) is 20.5. The van der Waals surface area contributed by atoms with Gasteiger partial charge in [0.1, 0.15) is 0 Å². The SMILES string of the molecule is CCNC(=NCc1cnn(Cc2ccccc2)c1)NCC(C)(C)N1CCOCC1.I. The Morgan fingerprint density at radius 1 is 1.13 bits per heavy atom. The van der Waals surface area contributed by atoms with E-state index >= 15 is 0 Å². The van der Waals surface area contributed by atoms with Gasteiger partial charge >= 0.3 is 0 Å². The van der Waals surface area contributed by atoms with Gasteiger partial charge in [-0.05, 0) is 26.3 Å². The zero-order valence-electron chi connectivity index (χ0n) is 18.3. The fourth-order valence-electron chi connectivity index (χ4n) is 3.44. The average Bonchev–Trinajstić information content (AvgIpc) is 3.19. The number of aromatic nitrogens is 2. The highest BCUT2D eigenvalue weighted by atomic mass is 127. The van der Waals surface area contributed by atoms with Crippen LogP contribution in [-0.2, 0) is 17.8 Å². The van der Waals surface area contributed by atoms with Crippen molar-refractivity contribution in [3.05, 3.63) is 53.9 Å². The van der Waals surface area contributed by atoms with Gasteiger partial charge in [-0.1, -0.05) is 30.3 Å². The molecule has 0 unspecified atom stereocenters. The molecule has 0 aliphatic carbocycles. The van der Waals surface area contributed by atoms with Crippen molar-refractivity contribution in [3.8, 4) is 0 Å². The number of rotatable bonds is 8. The van der Waals surface area contributed by atoms with Gasteiger partial charge < -0.3 is 15.4 Å². The molecule has 1 aliphatic heterocycles. The second-order valence-corrected chi connectivity index (χ2v) is 7.99. The number of guanidine groups is 1. The minimum absolute atomic E-state index is 0. The monoisotopic (exact) mass is 526 g/mol. The summed E-state index contributed by atoms with van der Waals surface area (Å²) >= 11 is 0. The maximum atomic E-state index is 5.48. The Kier molecular flexibility index (Phi) is 10.1.